The van der Waals surface area contributed by atoms with E-state index in [4.69, 9.17) is 0 Å². The van der Waals surface area contributed by atoms with E-state index < -0.39 is 10.0 Å². The van der Waals surface area contributed by atoms with Gasteiger partial charge in [0.25, 0.3) is 16.0 Å². The molecule has 0 atom stereocenters. The highest BCUT2D eigenvalue weighted by Crippen LogP contribution is 2.12. The van der Waals surface area contributed by atoms with Gasteiger partial charge < -0.3 is 5.32 Å². The Morgan fingerprint density at radius 2 is 2.00 bits per heavy atom. The summed E-state index contributed by atoms with van der Waals surface area (Å²) >= 11 is 0. The molecule has 8 nitrogen and oxygen atoms in total. The molecule has 0 unspecified atom stereocenters. The molecule has 0 fully saturated rings. The molecule has 9 heteroatoms. The van der Waals surface area contributed by atoms with E-state index in [9.17, 15) is 8.42 Å². The molecule has 0 aliphatic carbocycles. The van der Waals surface area contributed by atoms with Gasteiger partial charge in [-0.25, -0.2) is 23.1 Å². The van der Waals surface area contributed by atoms with Crippen LogP contribution in [0, 0.1) is 0 Å². The molecule has 18 heavy (non-hydrogen) atoms. The fourth-order valence-corrected chi connectivity index (χ4v) is 2.05. The molecule has 0 aliphatic heterocycles. The Kier molecular flexibility index (Phi) is 3.33. The Morgan fingerprint density at radius 1 is 1.17 bits per heavy atom. The van der Waals surface area contributed by atoms with Crippen LogP contribution in [0.4, 0.5) is 11.8 Å². The van der Waals surface area contributed by atoms with Gasteiger partial charge in [-0.15, -0.1) is 5.10 Å². The predicted molar refractivity (Wildman–Crippen MR) is 64.4 cm³/mol. The van der Waals surface area contributed by atoms with Gasteiger partial charge >= 0.3 is 0 Å². The average molecular weight is 266 g/mol. The normalized spacial score (nSPS) is 10.9. The predicted octanol–water partition coefficient (Wildman–Crippen LogP) is 0.109. The summed E-state index contributed by atoms with van der Waals surface area (Å²) in [6, 6.07) is 2.98. The van der Waals surface area contributed by atoms with Crippen molar-refractivity contribution in [3.05, 3.63) is 30.7 Å². The third-order valence-corrected chi connectivity index (χ3v) is 3.32. The van der Waals surface area contributed by atoms with Crippen LogP contribution in [0.25, 0.3) is 0 Å². The summed E-state index contributed by atoms with van der Waals surface area (Å²) in [6.45, 7) is 0. The van der Waals surface area contributed by atoms with Crippen LogP contribution in [-0.2, 0) is 10.0 Å². The molecule has 2 rings (SSSR count). The average Bonchev–Trinajstić information content (AvgIpc) is 2.39. The minimum absolute atomic E-state index is 0.0222. The summed E-state index contributed by atoms with van der Waals surface area (Å²) in [5.74, 6) is 0.488. The van der Waals surface area contributed by atoms with E-state index >= 15 is 0 Å². The molecule has 94 valence electrons. The molecule has 0 aliphatic rings. The van der Waals surface area contributed by atoms with Crippen LogP contribution in [0.5, 0.6) is 0 Å². The van der Waals surface area contributed by atoms with Crippen molar-refractivity contribution in [3.63, 3.8) is 0 Å². The van der Waals surface area contributed by atoms with Gasteiger partial charge in [-0.2, -0.15) is 5.10 Å². The molecule has 2 aromatic heterocycles. The standard InChI is InChI=1S/C9H10N6O2S/c1-10-8-3-2-7(6-12-8)18(16,17)15-9-11-4-5-13-14-9/h2-6H,1H3,(H,10,12)(H,11,14,15). The lowest BCUT2D eigenvalue weighted by molar-refractivity contribution is 0.600. The molecular weight excluding hydrogens is 256 g/mol. The highest BCUT2D eigenvalue weighted by atomic mass is 32.2. The van der Waals surface area contributed by atoms with Gasteiger partial charge in [-0.1, -0.05) is 0 Å². The fraction of sp³-hybridized carbons (Fsp3) is 0.111. The van der Waals surface area contributed by atoms with Gasteiger partial charge in [0.15, 0.2) is 0 Å². The number of sulfonamides is 1. The van der Waals surface area contributed by atoms with Gasteiger partial charge in [0, 0.05) is 13.2 Å². The second kappa shape index (κ2) is 4.92. The summed E-state index contributed by atoms with van der Waals surface area (Å²) < 4.78 is 26.0. The zero-order chi connectivity index (χ0) is 13.0. The van der Waals surface area contributed by atoms with Gasteiger partial charge in [0.05, 0.1) is 12.4 Å². The van der Waals surface area contributed by atoms with Crippen molar-refractivity contribution >= 4 is 21.8 Å². The van der Waals surface area contributed by atoms with Crippen molar-refractivity contribution in [1.82, 2.24) is 20.2 Å². The maximum Gasteiger partial charge on any atom is 0.265 e. The number of hydrogen-bond acceptors (Lipinski definition) is 7. The van der Waals surface area contributed by atoms with E-state index in [0.717, 1.165) is 0 Å². The summed E-state index contributed by atoms with van der Waals surface area (Å²) in [7, 11) is -2.05. The molecule has 0 radical (unpaired) electrons. The summed E-state index contributed by atoms with van der Waals surface area (Å²) in [4.78, 5) is 7.67. The van der Waals surface area contributed by atoms with Crippen LogP contribution in [0.3, 0.4) is 0 Å². The Balaban J connectivity index is 2.25. The topological polar surface area (TPSA) is 110 Å². The van der Waals surface area contributed by atoms with Crippen LogP contribution >= 0.6 is 0 Å². The second-order valence-corrected chi connectivity index (χ2v) is 4.88. The Labute approximate surface area is 104 Å². The molecule has 0 saturated carbocycles. The van der Waals surface area contributed by atoms with E-state index in [2.05, 4.69) is 30.2 Å². The van der Waals surface area contributed by atoms with Crippen LogP contribution in [0.15, 0.2) is 35.6 Å². The second-order valence-electron chi connectivity index (χ2n) is 3.20. The van der Waals surface area contributed by atoms with Crippen LogP contribution in [0.1, 0.15) is 0 Å². The smallest absolute Gasteiger partial charge is 0.265 e. The van der Waals surface area contributed by atoms with Crippen molar-refractivity contribution in [2.75, 3.05) is 17.1 Å². The summed E-state index contributed by atoms with van der Waals surface area (Å²) in [6.07, 6.45) is 3.93. The van der Waals surface area contributed by atoms with E-state index in [1.807, 2.05) is 0 Å². The first-order valence-electron chi connectivity index (χ1n) is 4.92. The van der Waals surface area contributed by atoms with Crippen molar-refractivity contribution in [2.24, 2.45) is 0 Å². The van der Waals surface area contributed by atoms with E-state index in [1.54, 1.807) is 13.1 Å². The van der Waals surface area contributed by atoms with Gasteiger partial charge in [-0.05, 0) is 12.1 Å². The highest BCUT2D eigenvalue weighted by Gasteiger charge is 2.15. The molecule has 0 spiro atoms. The zero-order valence-electron chi connectivity index (χ0n) is 9.40. The van der Waals surface area contributed by atoms with Crippen LogP contribution < -0.4 is 10.0 Å². The number of rotatable bonds is 4. The van der Waals surface area contributed by atoms with E-state index in [0.29, 0.717) is 5.82 Å². The number of nitrogens with one attached hydrogen (secondary N) is 2. The van der Waals surface area contributed by atoms with Crippen molar-refractivity contribution in [3.8, 4) is 0 Å². The zero-order valence-corrected chi connectivity index (χ0v) is 10.2. The fourth-order valence-electron chi connectivity index (χ4n) is 1.16. The third kappa shape index (κ3) is 2.69. The Morgan fingerprint density at radius 3 is 2.56 bits per heavy atom. The van der Waals surface area contributed by atoms with Crippen LogP contribution in [-0.4, -0.2) is 35.6 Å². The number of nitrogens with zero attached hydrogens (tertiary/aromatic N) is 4. The Bertz CT molecular complexity index is 613. The number of pyridine rings is 1. The largest absolute Gasteiger partial charge is 0.373 e. The molecule has 0 saturated heterocycles. The van der Waals surface area contributed by atoms with Crippen molar-refractivity contribution in [2.45, 2.75) is 4.90 Å². The van der Waals surface area contributed by atoms with E-state index in [1.165, 1.54) is 24.7 Å². The third-order valence-electron chi connectivity index (χ3n) is 2.01. The Hall–Kier alpha value is -2.29. The first kappa shape index (κ1) is 12.2. The molecule has 0 aromatic carbocycles. The summed E-state index contributed by atoms with van der Waals surface area (Å²) in [5, 5.41) is 9.86. The van der Waals surface area contributed by atoms with Gasteiger partial charge in [-0.3, -0.25) is 0 Å². The molecule has 0 amide bonds. The van der Waals surface area contributed by atoms with Gasteiger partial charge in [0.1, 0.15) is 10.7 Å². The monoisotopic (exact) mass is 266 g/mol. The lowest BCUT2D eigenvalue weighted by atomic mass is 10.5. The number of aromatic nitrogens is 4. The summed E-state index contributed by atoms with van der Waals surface area (Å²) in [5.41, 5.74) is 0. The van der Waals surface area contributed by atoms with Crippen LogP contribution in [0.2, 0.25) is 0 Å². The molecular formula is C9H10N6O2S. The molecule has 0 bridgehead atoms. The SMILES string of the molecule is CNc1ccc(S(=O)(=O)Nc2nccnn2)cn1. The first-order valence-corrected chi connectivity index (χ1v) is 6.40. The minimum atomic E-state index is -3.74. The molecule has 2 N–H and O–H groups in total. The maximum absolute atomic E-state index is 11.9. The maximum atomic E-state index is 11.9. The quantitative estimate of drug-likeness (QED) is 0.808. The highest BCUT2D eigenvalue weighted by molar-refractivity contribution is 7.92. The van der Waals surface area contributed by atoms with Gasteiger partial charge in [0.2, 0.25) is 0 Å². The first-order chi connectivity index (χ1) is 8.62. The van der Waals surface area contributed by atoms with Crippen molar-refractivity contribution < 1.29 is 8.42 Å². The van der Waals surface area contributed by atoms with E-state index in [-0.39, 0.29) is 10.8 Å². The molecule has 2 aromatic rings. The lowest BCUT2D eigenvalue weighted by Crippen LogP contribution is -2.15. The minimum Gasteiger partial charge on any atom is -0.373 e. The van der Waals surface area contributed by atoms with Crippen molar-refractivity contribution in [1.29, 1.82) is 0 Å². The molecule has 2 heterocycles. The lowest BCUT2D eigenvalue weighted by Gasteiger charge is -2.05. The number of anilines is 2. The number of hydrogen-bond donors (Lipinski definition) is 2.